The number of rotatable bonds is 7. The van der Waals surface area contributed by atoms with Crippen LogP contribution in [0, 0.1) is 0 Å². The van der Waals surface area contributed by atoms with Gasteiger partial charge in [-0.05, 0) is 6.92 Å². The maximum atomic E-state index is 11.1. The fraction of sp³-hybridized carbons (Fsp3) is 0.700. The van der Waals surface area contributed by atoms with Gasteiger partial charge in [-0.15, -0.1) is 0 Å². The summed E-state index contributed by atoms with van der Waals surface area (Å²) in [5, 5.41) is 0. The lowest BCUT2D eigenvalue weighted by molar-refractivity contribution is -0.125. The quantitative estimate of drug-likeness (QED) is 0.605. The zero-order valence-corrected chi connectivity index (χ0v) is 8.26. The van der Waals surface area contributed by atoms with Crippen LogP contribution in [0.2, 0.25) is 0 Å². The molecule has 0 N–H and O–H groups in total. The molecule has 0 aliphatic rings. The zero-order valence-electron chi connectivity index (χ0n) is 8.26. The maximum absolute atomic E-state index is 11.1. The Morgan fingerprint density at radius 3 is 1.77 bits per heavy atom. The van der Waals surface area contributed by atoms with Crippen LogP contribution in [0.3, 0.4) is 0 Å². The number of Topliss-reactive ketones (excluding diaryl/α,β-unsaturated/α-hetero) is 3. The van der Waals surface area contributed by atoms with Crippen LogP contribution in [0.15, 0.2) is 0 Å². The molecule has 3 nitrogen and oxygen atoms in total. The Bertz CT molecular complexity index is 206. The Labute approximate surface area is 78.5 Å². The predicted octanol–water partition coefficient (Wildman–Crippen LogP) is 1.68. The monoisotopic (exact) mass is 184 g/mol. The van der Waals surface area contributed by atoms with Crippen molar-refractivity contribution in [2.75, 3.05) is 0 Å². The first kappa shape index (κ1) is 12.0. The Balaban J connectivity index is 3.52. The molecule has 0 radical (unpaired) electrons. The summed E-state index contributed by atoms with van der Waals surface area (Å²) in [6.07, 6.45) is 1.69. The average Bonchev–Trinajstić information content (AvgIpc) is 2.10. The summed E-state index contributed by atoms with van der Waals surface area (Å²) in [5.74, 6) is 0.142. The Morgan fingerprint density at radius 2 is 1.31 bits per heavy atom. The second-order valence-electron chi connectivity index (χ2n) is 3.13. The third-order valence-electron chi connectivity index (χ3n) is 1.83. The van der Waals surface area contributed by atoms with Crippen LogP contribution >= 0.6 is 0 Å². The summed E-state index contributed by atoms with van der Waals surface area (Å²) in [4.78, 5) is 32.4. The van der Waals surface area contributed by atoms with Crippen molar-refractivity contribution in [2.45, 2.75) is 46.0 Å². The van der Waals surface area contributed by atoms with Crippen molar-refractivity contribution in [3.63, 3.8) is 0 Å². The molecule has 13 heavy (non-hydrogen) atoms. The Hall–Kier alpha value is -0.990. The van der Waals surface area contributed by atoms with Gasteiger partial charge in [-0.25, -0.2) is 0 Å². The molecule has 0 aromatic heterocycles. The highest BCUT2D eigenvalue weighted by Crippen LogP contribution is 2.01. The molecule has 0 heterocycles. The topological polar surface area (TPSA) is 51.2 Å². The first-order valence-corrected chi connectivity index (χ1v) is 4.59. The first-order valence-electron chi connectivity index (χ1n) is 4.59. The van der Waals surface area contributed by atoms with Gasteiger partial charge in [0.05, 0.1) is 0 Å². The zero-order chi connectivity index (χ0) is 10.3. The summed E-state index contributed by atoms with van der Waals surface area (Å²) in [5.41, 5.74) is 0. The van der Waals surface area contributed by atoms with E-state index in [-0.39, 0.29) is 23.8 Å². The maximum Gasteiger partial charge on any atom is 0.133 e. The highest BCUT2D eigenvalue weighted by Gasteiger charge is 2.06. The van der Waals surface area contributed by atoms with Gasteiger partial charge in [0, 0.05) is 32.1 Å². The standard InChI is InChI=1S/C10H16O3/c1-3-9(12)6-7-10(13)5-4-8(2)11/h3-7H2,1-2H3. The van der Waals surface area contributed by atoms with E-state index < -0.39 is 0 Å². The van der Waals surface area contributed by atoms with Gasteiger partial charge in [0.25, 0.3) is 0 Å². The molecule has 0 aromatic rings. The van der Waals surface area contributed by atoms with Gasteiger partial charge in [0.2, 0.25) is 0 Å². The predicted molar refractivity (Wildman–Crippen MR) is 49.5 cm³/mol. The fourth-order valence-corrected chi connectivity index (χ4v) is 0.896. The number of hydrogen-bond acceptors (Lipinski definition) is 3. The molecular formula is C10H16O3. The molecule has 0 spiro atoms. The van der Waals surface area contributed by atoms with E-state index in [1.165, 1.54) is 6.92 Å². The Kier molecular flexibility index (Phi) is 6.02. The fourth-order valence-electron chi connectivity index (χ4n) is 0.896. The van der Waals surface area contributed by atoms with Gasteiger partial charge in [-0.2, -0.15) is 0 Å². The van der Waals surface area contributed by atoms with E-state index >= 15 is 0 Å². The van der Waals surface area contributed by atoms with E-state index in [0.29, 0.717) is 25.7 Å². The minimum Gasteiger partial charge on any atom is -0.300 e. The van der Waals surface area contributed by atoms with Crippen molar-refractivity contribution in [3.05, 3.63) is 0 Å². The Morgan fingerprint density at radius 1 is 0.846 bits per heavy atom. The minimum atomic E-state index is 0.0111. The van der Waals surface area contributed by atoms with E-state index in [1.54, 1.807) is 6.92 Å². The lowest BCUT2D eigenvalue weighted by Gasteiger charge is -1.97. The van der Waals surface area contributed by atoms with Crippen LogP contribution in [0.1, 0.15) is 46.0 Å². The second-order valence-corrected chi connectivity index (χ2v) is 3.13. The third-order valence-corrected chi connectivity index (χ3v) is 1.83. The molecule has 74 valence electrons. The van der Waals surface area contributed by atoms with Crippen molar-refractivity contribution in [2.24, 2.45) is 0 Å². The third kappa shape index (κ3) is 7.37. The van der Waals surface area contributed by atoms with Crippen molar-refractivity contribution < 1.29 is 14.4 Å². The molecule has 0 aromatic carbocycles. The van der Waals surface area contributed by atoms with Gasteiger partial charge in [-0.3, -0.25) is 9.59 Å². The molecule has 0 saturated carbocycles. The van der Waals surface area contributed by atoms with Crippen LogP contribution in [-0.4, -0.2) is 17.3 Å². The smallest absolute Gasteiger partial charge is 0.133 e. The molecule has 0 atom stereocenters. The normalized spacial score (nSPS) is 9.69. The largest absolute Gasteiger partial charge is 0.300 e. The summed E-state index contributed by atoms with van der Waals surface area (Å²) in [7, 11) is 0. The van der Waals surface area contributed by atoms with Gasteiger partial charge < -0.3 is 4.79 Å². The molecule has 0 saturated heterocycles. The van der Waals surface area contributed by atoms with Crippen molar-refractivity contribution in [1.82, 2.24) is 0 Å². The second kappa shape index (κ2) is 6.52. The number of ketones is 3. The highest BCUT2D eigenvalue weighted by molar-refractivity contribution is 5.88. The molecule has 0 aliphatic carbocycles. The minimum absolute atomic E-state index is 0.0111. The van der Waals surface area contributed by atoms with Crippen LogP contribution < -0.4 is 0 Å². The van der Waals surface area contributed by atoms with Crippen LogP contribution in [0.4, 0.5) is 0 Å². The molecular weight excluding hydrogens is 168 g/mol. The number of carbonyl (C=O) groups excluding carboxylic acids is 3. The van der Waals surface area contributed by atoms with Crippen LogP contribution in [0.5, 0.6) is 0 Å². The van der Waals surface area contributed by atoms with E-state index in [9.17, 15) is 14.4 Å². The SMILES string of the molecule is CCC(=O)CCC(=O)CCC(C)=O. The lowest BCUT2D eigenvalue weighted by Crippen LogP contribution is -2.04. The summed E-state index contributed by atoms with van der Waals surface area (Å²) in [6, 6.07) is 0. The molecule has 0 bridgehead atoms. The van der Waals surface area contributed by atoms with Crippen molar-refractivity contribution in [1.29, 1.82) is 0 Å². The highest BCUT2D eigenvalue weighted by atomic mass is 16.1. The van der Waals surface area contributed by atoms with Gasteiger partial charge in [0.1, 0.15) is 17.3 Å². The van der Waals surface area contributed by atoms with E-state index in [4.69, 9.17) is 0 Å². The van der Waals surface area contributed by atoms with E-state index in [2.05, 4.69) is 0 Å². The molecule has 0 amide bonds. The molecule has 0 rings (SSSR count). The average molecular weight is 184 g/mol. The number of carbonyl (C=O) groups is 3. The van der Waals surface area contributed by atoms with Gasteiger partial charge in [0.15, 0.2) is 0 Å². The summed E-state index contributed by atoms with van der Waals surface area (Å²) < 4.78 is 0. The van der Waals surface area contributed by atoms with E-state index in [0.717, 1.165) is 0 Å². The van der Waals surface area contributed by atoms with Gasteiger partial charge in [-0.1, -0.05) is 6.92 Å². The summed E-state index contributed by atoms with van der Waals surface area (Å²) in [6.45, 7) is 3.24. The van der Waals surface area contributed by atoms with Crippen LogP contribution in [0.25, 0.3) is 0 Å². The van der Waals surface area contributed by atoms with E-state index in [1.807, 2.05) is 0 Å². The molecule has 0 fully saturated rings. The molecule has 0 unspecified atom stereocenters. The van der Waals surface area contributed by atoms with Crippen LogP contribution in [-0.2, 0) is 14.4 Å². The van der Waals surface area contributed by atoms with Crippen molar-refractivity contribution >= 4 is 17.3 Å². The molecule has 3 heteroatoms. The summed E-state index contributed by atoms with van der Waals surface area (Å²) >= 11 is 0. The van der Waals surface area contributed by atoms with Crippen molar-refractivity contribution in [3.8, 4) is 0 Å². The lowest BCUT2D eigenvalue weighted by atomic mass is 10.1. The van der Waals surface area contributed by atoms with Gasteiger partial charge >= 0.3 is 0 Å². The first-order chi connectivity index (χ1) is 6.06. The number of hydrogen-bond donors (Lipinski definition) is 0. The molecule has 0 aliphatic heterocycles.